The molecule has 0 spiro atoms. The summed E-state index contributed by atoms with van der Waals surface area (Å²) >= 11 is 5.66. The minimum atomic E-state index is 0.757. The normalized spacial score (nSPS) is 14.2. The standard InChI is InChI=1S/C22H29N3S/c1-17-11-12-18(2)20(15-17)23-22(26)24(3)16-19-9-5-6-10-21(19)25-13-7-4-8-14-25/h5-6,9-12,15H,4,7-8,13-14,16H2,1-3H3,(H,23,26). The Balaban J connectivity index is 1.70. The molecule has 1 aliphatic heterocycles. The highest BCUT2D eigenvalue weighted by Gasteiger charge is 2.16. The van der Waals surface area contributed by atoms with Crippen molar-refractivity contribution in [1.82, 2.24) is 4.90 Å². The van der Waals surface area contributed by atoms with Crippen LogP contribution in [0.1, 0.15) is 36.0 Å². The fourth-order valence-corrected chi connectivity index (χ4v) is 3.67. The summed E-state index contributed by atoms with van der Waals surface area (Å²) in [6.07, 6.45) is 3.93. The first kappa shape index (κ1) is 18.7. The van der Waals surface area contributed by atoms with Crippen LogP contribution in [0.3, 0.4) is 0 Å². The molecule has 1 heterocycles. The number of piperidine rings is 1. The Labute approximate surface area is 163 Å². The number of nitrogens with zero attached hydrogens (tertiary/aromatic N) is 2. The zero-order valence-corrected chi connectivity index (χ0v) is 16.9. The number of hydrogen-bond acceptors (Lipinski definition) is 2. The summed E-state index contributed by atoms with van der Waals surface area (Å²) in [4.78, 5) is 4.65. The highest BCUT2D eigenvalue weighted by atomic mass is 32.1. The van der Waals surface area contributed by atoms with Crippen molar-refractivity contribution in [1.29, 1.82) is 0 Å². The first-order chi connectivity index (χ1) is 12.5. The number of anilines is 2. The van der Waals surface area contributed by atoms with Crippen molar-refractivity contribution in [3.05, 3.63) is 59.2 Å². The van der Waals surface area contributed by atoms with Crippen molar-refractivity contribution in [2.75, 3.05) is 30.4 Å². The summed E-state index contributed by atoms with van der Waals surface area (Å²) in [5, 5.41) is 4.17. The lowest BCUT2D eigenvalue weighted by molar-refractivity contribution is 0.505. The third kappa shape index (κ3) is 4.55. The summed E-state index contributed by atoms with van der Waals surface area (Å²) < 4.78 is 0. The van der Waals surface area contributed by atoms with Crippen molar-refractivity contribution in [2.24, 2.45) is 0 Å². The van der Waals surface area contributed by atoms with Crippen LogP contribution in [0.4, 0.5) is 11.4 Å². The molecule has 3 rings (SSSR count). The monoisotopic (exact) mass is 367 g/mol. The molecule has 4 heteroatoms. The van der Waals surface area contributed by atoms with Gasteiger partial charge >= 0.3 is 0 Å². The van der Waals surface area contributed by atoms with Gasteiger partial charge in [-0.3, -0.25) is 0 Å². The second-order valence-corrected chi connectivity index (χ2v) is 7.67. The number of aryl methyl sites for hydroxylation is 2. The van der Waals surface area contributed by atoms with Gasteiger partial charge in [-0.25, -0.2) is 0 Å². The SMILES string of the molecule is Cc1ccc(C)c(NC(=S)N(C)Cc2ccccc2N2CCCCC2)c1. The number of thiocarbonyl (C=S) groups is 1. The van der Waals surface area contributed by atoms with Crippen LogP contribution in [-0.2, 0) is 6.54 Å². The minimum absolute atomic E-state index is 0.757. The van der Waals surface area contributed by atoms with E-state index >= 15 is 0 Å². The molecule has 0 radical (unpaired) electrons. The molecule has 0 aromatic heterocycles. The second kappa shape index (κ2) is 8.54. The van der Waals surface area contributed by atoms with Crippen LogP contribution < -0.4 is 10.2 Å². The summed E-state index contributed by atoms with van der Waals surface area (Å²) in [5.74, 6) is 0. The van der Waals surface area contributed by atoms with E-state index in [0.717, 1.165) is 30.4 Å². The van der Waals surface area contributed by atoms with Crippen LogP contribution in [0.5, 0.6) is 0 Å². The van der Waals surface area contributed by atoms with E-state index in [1.165, 1.54) is 41.6 Å². The van der Waals surface area contributed by atoms with Gasteiger partial charge < -0.3 is 15.1 Å². The molecule has 1 saturated heterocycles. The van der Waals surface area contributed by atoms with Gasteiger partial charge in [-0.15, -0.1) is 0 Å². The lowest BCUT2D eigenvalue weighted by Gasteiger charge is -2.32. The average molecular weight is 368 g/mol. The Morgan fingerprint density at radius 3 is 2.58 bits per heavy atom. The summed E-state index contributed by atoms with van der Waals surface area (Å²) in [5.41, 5.74) is 6.22. The van der Waals surface area contributed by atoms with E-state index in [1.54, 1.807) is 0 Å². The van der Waals surface area contributed by atoms with Crippen LogP contribution in [0.25, 0.3) is 0 Å². The van der Waals surface area contributed by atoms with Gasteiger partial charge in [0.2, 0.25) is 0 Å². The van der Waals surface area contributed by atoms with Gasteiger partial charge in [-0.2, -0.15) is 0 Å². The van der Waals surface area contributed by atoms with Crippen LogP contribution >= 0.6 is 12.2 Å². The van der Waals surface area contributed by atoms with E-state index in [4.69, 9.17) is 12.2 Å². The number of hydrogen-bond donors (Lipinski definition) is 1. The van der Waals surface area contributed by atoms with E-state index < -0.39 is 0 Å². The zero-order valence-electron chi connectivity index (χ0n) is 16.1. The molecule has 0 bridgehead atoms. The Bertz CT molecular complexity index is 766. The smallest absolute Gasteiger partial charge is 0.173 e. The van der Waals surface area contributed by atoms with Gasteiger partial charge in [0.15, 0.2) is 5.11 Å². The molecule has 0 amide bonds. The largest absolute Gasteiger partial charge is 0.371 e. The van der Waals surface area contributed by atoms with Crippen LogP contribution in [0.15, 0.2) is 42.5 Å². The summed E-state index contributed by atoms with van der Waals surface area (Å²) in [6, 6.07) is 15.1. The number of benzene rings is 2. The molecule has 0 unspecified atom stereocenters. The van der Waals surface area contributed by atoms with E-state index in [-0.39, 0.29) is 0 Å². The van der Waals surface area contributed by atoms with Gasteiger partial charge in [0, 0.05) is 38.1 Å². The molecule has 2 aromatic carbocycles. The highest BCUT2D eigenvalue weighted by Crippen LogP contribution is 2.25. The first-order valence-corrected chi connectivity index (χ1v) is 9.87. The predicted molar refractivity (Wildman–Crippen MR) is 116 cm³/mol. The van der Waals surface area contributed by atoms with E-state index in [9.17, 15) is 0 Å². The molecule has 1 fully saturated rings. The zero-order chi connectivity index (χ0) is 18.5. The molecule has 2 aromatic rings. The fourth-order valence-electron chi connectivity index (χ4n) is 3.50. The van der Waals surface area contributed by atoms with Crippen molar-refractivity contribution in [3.63, 3.8) is 0 Å². The molecule has 1 aliphatic rings. The van der Waals surface area contributed by atoms with Gasteiger partial charge in [0.25, 0.3) is 0 Å². The number of rotatable bonds is 4. The minimum Gasteiger partial charge on any atom is -0.371 e. The van der Waals surface area contributed by atoms with Gasteiger partial charge in [0.1, 0.15) is 0 Å². The Morgan fingerprint density at radius 2 is 1.81 bits per heavy atom. The first-order valence-electron chi connectivity index (χ1n) is 9.47. The van der Waals surface area contributed by atoms with Gasteiger partial charge in [0.05, 0.1) is 0 Å². The van der Waals surface area contributed by atoms with Gasteiger partial charge in [-0.1, -0.05) is 30.3 Å². The Morgan fingerprint density at radius 1 is 1.08 bits per heavy atom. The van der Waals surface area contributed by atoms with Gasteiger partial charge in [-0.05, 0) is 74.2 Å². The average Bonchev–Trinajstić information content (AvgIpc) is 2.66. The highest BCUT2D eigenvalue weighted by molar-refractivity contribution is 7.80. The Hall–Kier alpha value is -2.07. The summed E-state index contributed by atoms with van der Waals surface area (Å²) in [6.45, 7) is 7.34. The third-order valence-electron chi connectivity index (χ3n) is 5.08. The molecular weight excluding hydrogens is 338 g/mol. The number of nitrogens with one attached hydrogen (secondary N) is 1. The predicted octanol–water partition coefficient (Wildman–Crippen LogP) is 5.12. The molecule has 0 saturated carbocycles. The quantitative estimate of drug-likeness (QED) is 0.756. The van der Waals surface area contributed by atoms with Crippen LogP contribution in [-0.4, -0.2) is 30.1 Å². The second-order valence-electron chi connectivity index (χ2n) is 7.28. The molecular formula is C22H29N3S. The van der Waals surface area contributed by atoms with Crippen molar-refractivity contribution < 1.29 is 0 Å². The van der Waals surface area contributed by atoms with E-state index in [2.05, 4.69) is 78.5 Å². The van der Waals surface area contributed by atoms with Crippen LogP contribution in [0, 0.1) is 13.8 Å². The van der Waals surface area contributed by atoms with Crippen molar-refractivity contribution in [2.45, 2.75) is 39.7 Å². The third-order valence-corrected chi connectivity index (χ3v) is 5.49. The van der Waals surface area contributed by atoms with Crippen molar-refractivity contribution >= 4 is 28.7 Å². The van der Waals surface area contributed by atoms with E-state index in [0.29, 0.717) is 0 Å². The molecule has 0 aliphatic carbocycles. The lowest BCUT2D eigenvalue weighted by Crippen LogP contribution is -2.33. The fraction of sp³-hybridized carbons (Fsp3) is 0.409. The maximum Gasteiger partial charge on any atom is 0.173 e. The molecule has 138 valence electrons. The molecule has 0 atom stereocenters. The van der Waals surface area contributed by atoms with E-state index in [1.807, 2.05) is 0 Å². The maximum atomic E-state index is 5.66. The molecule has 26 heavy (non-hydrogen) atoms. The van der Waals surface area contributed by atoms with Crippen LogP contribution in [0.2, 0.25) is 0 Å². The number of para-hydroxylation sites is 1. The van der Waals surface area contributed by atoms with Crippen molar-refractivity contribution in [3.8, 4) is 0 Å². The topological polar surface area (TPSA) is 18.5 Å². The Kier molecular flexibility index (Phi) is 6.15. The molecule has 3 nitrogen and oxygen atoms in total. The maximum absolute atomic E-state index is 5.66. The summed E-state index contributed by atoms with van der Waals surface area (Å²) in [7, 11) is 2.06. The molecule has 1 N–H and O–H groups in total. The lowest BCUT2D eigenvalue weighted by atomic mass is 10.1.